The van der Waals surface area contributed by atoms with E-state index in [0.29, 0.717) is 24.6 Å². The third-order valence-corrected chi connectivity index (χ3v) is 3.20. The fourth-order valence-corrected chi connectivity index (χ4v) is 2.13. The summed E-state index contributed by atoms with van der Waals surface area (Å²) in [5.41, 5.74) is 0.999. The van der Waals surface area contributed by atoms with Gasteiger partial charge in [0.25, 0.3) is 0 Å². The summed E-state index contributed by atoms with van der Waals surface area (Å²) in [5.74, 6) is 3.92. The number of furan rings is 1. The lowest BCUT2D eigenvalue weighted by molar-refractivity contribution is 0.347. The van der Waals surface area contributed by atoms with Crippen molar-refractivity contribution in [3.63, 3.8) is 0 Å². The molecule has 0 saturated carbocycles. The van der Waals surface area contributed by atoms with E-state index < -0.39 is 0 Å². The Morgan fingerprint density at radius 3 is 2.14 bits per heavy atom. The molecule has 0 saturated heterocycles. The highest BCUT2D eigenvalue weighted by Crippen LogP contribution is 2.34. The van der Waals surface area contributed by atoms with Crippen LogP contribution in [0.4, 0.5) is 0 Å². The quantitative estimate of drug-likeness (QED) is 0.850. The van der Waals surface area contributed by atoms with E-state index in [2.05, 4.69) is 5.32 Å². The van der Waals surface area contributed by atoms with Gasteiger partial charge in [0.2, 0.25) is 0 Å². The maximum absolute atomic E-state index is 5.52. The van der Waals surface area contributed by atoms with Gasteiger partial charge in [-0.3, -0.25) is 0 Å². The van der Waals surface area contributed by atoms with Gasteiger partial charge in [-0.25, -0.2) is 0 Å². The molecule has 2 rings (SSSR count). The van der Waals surface area contributed by atoms with Crippen molar-refractivity contribution in [3.8, 4) is 17.2 Å². The topological polar surface area (TPSA) is 52.9 Å². The highest BCUT2D eigenvalue weighted by Gasteiger charge is 2.11. The third kappa shape index (κ3) is 3.70. The van der Waals surface area contributed by atoms with Crippen LogP contribution in [0.2, 0.25) is 0 Å². The summed E-state index contributed by atoms with van der Waals surface area (Å²) < 4.78 is 21.5. The molecular formula is C16H21NO4. The summed E-state index contributed by atoms with van der Waals surface area (Å²) >= 11 is 0. The lowest BCUT2D eigenvalue weighted by Gasteiger charge is -2.14. The van der Waals surface area contributed by atoms with Gasteiger partial charge in [-0.2, -0.15) is 0 Å². The van der Waals surface area contributed by atoms with Crippen molar-refractivity contribution in [1.29, 1.82) is 0 Å². The zero-order chi connectivity index (χ0) is 15.2. The van der Waals surface area contributed by atoms with Crippen molar-refractivity contribution in [2.75, 3.05) is 21.3 Å². The van der Waals surface area contributed by atoms with E-state index in [1.54, 1.807) is 21.3 Å². The van der Waals surface area contributed by atoms with Crippen LogP contribution in [0.15, 0.2) is 28.7 Å². The first-order chi connectivity index (χ1) is 10.2. The van der Waals surface area contributed by atoms with Gasteiger partial charge < -0.3 is 23.9 Å². The minimum atomic E-state index is 0.642. The van der Waals surface area contributed by atoms with E-state index in [1.165, 1.54) is 0 Å². The Morgan fingerprint density at radius 1 is 0.905 bits per heavy atom. The molecule has 0 aliphatic carbocycles. The van der Waals surface area contributed by atoms with Crippen LogP contribution in [0.25, 0.3) is 0 Å². The van der Waals surface area contributed by atoms with Crippen LogP contribution in [-0.2, 0) is 13.1 Å². The molecule has 0 amide bonds. The number of hydrogen-bond acceptors (Lipinski definition) is 5. The summed E-state index contributed by atoms with van der Waals surface area (Å²) in [7, 11) is 4.86. The molecule has 0 spiro atoms. The highest BCUT2D eigenvalue weighted by atomic mass is 16.5. The molecule has 1 N–H and O–H groups in total. The summed E-state index contributed by atoms with van der Waals surface area (Å²) in [6.45, 7) is 3.23. The van der Waals surface area contributed by atoms with Crippen molar-refractivity contribution >= 4 is 0 Å². The van der Waals surface area contributed by atoms with Gasteiger partial charge in [0, 0.05) is 18.2 Å². The Labute approximate surface area is 124 Å². The van der Waals surface area contributed by atoms with Crippen molar-refractivity contribution in [1.82, 2.24) is 5.32 Å². The van der Waals surface area contributed by atoms with Gasteiger partial charge >= 0.3 is 0 Å². The summed E-state index contributed by atoms with van der Waals surface area (Å²) in [4.78, 5) is 0. The molecular weight excluding hydrogens is 270 g/mol. The van der Waals surface area contributed by atoms with Crippen LogP contribution in [-0.4, -0.2) is 21.3 Å². The Bertz CT molecular complexity index is 592. The maximum atomic E-state index is 5.52. The molecule has 0 aliphatic rings. The van der Waals surface area contributed by atoms with Crippen molar-refractivity contribution in [3.05, 3.63) is 41.3 Å². The summed E-state index contributed by atoms with van der Waals surface area (Å²) in [5, 5.41) is 3.32. The Kier molecular flexibility index (Phi) is 5.11. The Balaban J connectivity index is 2.07. The predicted octanol–water partition coefficient (Wildman–Crippen LogP) is 2.90. The molecule has 0 bridgehead atoms. The molecule has 0 radical (unpaired) electrons. The average Bonchev–Trinajstić information content (AvgIpc) is 2.92. The first-order valence-electron chi connectivity index (χ1n) is 6.72. The van der Waals surface area contributed by atoms with Crippen molar-refractivity contribution in [2.45, 2.75) is 20.0 Å². The van der Waals surface area contributed by atoms with E-state index >= 15 is 0 Å². The predicted molar refractivity (Wildman–Crippen MR) is 80.1 cm³/mol. The standard InChI is InChI=1S/C16H21NO4/c1-11-5-6-13(21-11)10-17-9-12-7-15(19-3)16(20-4)8-14(12)18-2/h5-8,17H,9-10H2,1-4H3. The van der Waals surface area contributed by atoms with Crippen LogP contribution >= 0.6 is 0 Å². The minimum Gasteiger partial charge on any atom is -0.496 e. The number of nitrogens with one attached hydrogen (secondary N) is 1. The largest absolute Gasteiger partial charge is 0.496 e. The molecule has 5 nitrogen and oxygen atoms in total. The molecule has 0 fully saturated rings. The molecule has 0 unspecified atom stereocenters. The lowest BCUT2D eigenvalue weighted by Crippen LogP contribution is -2.13. The van der Waals surface area contributed by atoms with Crippen LogP contribution in [0.1, 0.15) is 17.1 Å². The molecule has 5 heteroatoms. The Morgan fingerprint density at radius 2 is 1.57 bits per heavy atom. The summed E-state index contributed by atoms with van der Waals surface area (Å²) in [6, 6.07) is 7.66. The smallest absolute Gasteiger partial charge is 0.164 e. The van der Waals surface area contributed by atoms with Gasteiger partial charge in [-0.1, -0.05) is 0 Å². The molecule has 2 aromatic rings. The zero-order valence-electron chi connectivity index (χ0n) is 12.9. The third-order valence-electron chi connectivity index (χ3n) is 3.20. The molecule has 114 valence electrons. The second-order valence-corrected chi connectivity index (χ2v) is 4.63. The SMILES string of the molecule is COc1cc(OC)c(OC)cc1CNCc1ccc(C)o1. The molecule has 0 aliphatic heterocycles. The highest BCUT2D eigenvalue weighted by molar-refractivity contribution is 5.50. The number of rotatable bonds is 7. The van der Waals surface area contributed by atoms with E-state index in [0.717, 1.165) is 22.8 Å². The minimum absolute atomic E-state index is 0.642. The van der Waals surface area contributed by atoms with Gasteiger partial charge in [0.15, 0.2) is 11.5 Å². The van der Waals surface area contributed by atoms with E-state index in [4.69, 9.17) is 18.6 Å². The van der Waals surface area contributed by atoms with Gasteiger partial charge in [0.05, 0.1) is 27.9 Å². The number of ether oxygens (including phenoxy) is 3. The zero-order valence-corrected chi connectivity index (χ0v) is 12.9. The van der Waals surface area contributed by atoms with Crippen LogP contribution in [0.5, 0.6) is 17.2 Å². The van der Waals surface area contributed by atoms with Gasteiger partial charge in [-0.05, 0) is 25.1 Å². The van der Waals surface area contributed by atoms with Crippen molar-refractivity contribution < 1.29 is 18.6 Å². The lowest BCUT2D eigenvalue weighted by atomic mass is 10.1. The maximum Gasteiger partial charge on any atom is 0.164 e. The van der Waals surface area contributed by atoms with E-state index in [9.17, 15) is 0 Å². The molecule has 1 aromatic heterocycles. The number of benzene rings is 1. The van der Waals surface area contributed by atoms with E-state index in [-0.39, 0.29) is 0 Å². The second-order valence-electron chi connectivity index (χ2n) is 4.63. The number of methoxy groups -OCH3 is 3. The monoisotopic (exact) mass is 291 g/mol. The van der Waals surface area contributed by atoms with Crippen LogP contribution in [0, 0.1) is 6.92 Å². The fourth-order valence-electron chi connectivity index (χ4n) is 2.13. The molecule has 1 heterocycles. The van der Waals surface area contributed by atoms with E-state index in [1.807, 2.05) is 31.2 Å². The van der Waals surface area contributed by atoms with Crippen LogP contribution in [0.3, 0.4) is 0 Å². The number of hydrogen-bond donors (Lipinski definition) is 1. The normalized spacial score (nSPS) is 10.5. The van der Waals surface area contributed by atoms with Crippen molar-refractivity contribution in [2.24, 2.45) is 0 Å². The average molecular weight is 291 g/mol. The Hall–Kier alpha value is -2.14. The molecule has 1 aromatic carbocycles. The number of aryl methyl sites for hydroxylation is 1. The first kappa shape index (κ1) is 15.3. The van der Waals surface area contributed by atoms with Gasteiger partial charge in [-0.15, -0.1) is 0 Å². The first-order valence-corrected chi connectivity index (χ1v) is 6.72. The van der Waals surface area contributed by atoms with Crippen LogP contribution < -0.4 is 19.5 Å². The second kappa shape index (κ2) is 7.04. The summed E-state index contributed by atoms with van der Waals surface area (Å²) in [6.07, 6.45) is 0. The fraction of sp³-hybridized carbons (Fsp3) is 0.375. The van der Waals surface area contributed by atoms with Gasteiger partial charge in [0.1, 0.15) is 17.3 Å². The molecule has 21 heavy (non-hydrogen) atoms. The molecule has 0 atom stereocenters.